The second-order valence-electron chi connectivity index (χ2n) is 6.19. The highest BCUT2D eigenvalue weighted by Gasteiger charge is 2.26. The lowest BCUT2D eigenvalue weighted by Gasteiger charge is -2.28. The van der Waals surface area contributed by atoms with Gasteiger partial charge >= 0.3 is 0 Å². The molecule has 0 N–H and O–H groups in total. The van der Waals surface area contributed by atoms with E-state index < -0.39 is 0 Å². The zero-order valence-electron chi connectivity index (χ0n) is 12.0. The molecule has 0 spiro atoms. The van der Waals surface area contributed by atoms with Gasteiger partial charge in [0.1, 0.15) is 0 Å². The molecule has 2 aromatic rings. The fourth-order valence-electron chi connectivity index (χ4n) is 3.61. The lowest BCUT2D eigenvalue weighted by Crippen LogP contribution is -2.18. The Labute approximate surface area is 130 Å². The maximum Gasteiger partial charge on any atom is 0.0725 e. The first-order chi connectivity index (χ1) is 10.3. The molecule has 0 radical (unpaired) electrons. The SMILES string of the molecule is ClC(c1ccc2c(c1)COC2)C1CCc2ccccc2C1. The van der Waals surface area contributed by atoms with Crippen molar-refractivity contribution in [2.24, 2.45) is 5.92 Å². The highest BCUT2D eigenvalue weighted by atomic mass is 35.5. The summed E-state index contributed by atoms with van der Waals surface area (Å²) in [5, 5.41) is 0.101. The lowest BCUT2D eigenvalue weighted by molar-refractivity contribution is 0.134. The third-order valence-electron chi connectivity index (χ3n) is 4.86. The van der Waals surface area contributed by atoms with Gasteiger partial charge in [-0.25, -0.2) is 0 Å². The maximum absolute atomic E-state index is 6.81. The molecule has 1 nitrogen and oxygen atoms in total. The first-order valence-corrected chi connectivity index (χ1v) is 8.15. The monoisotopic (exact) mass is 298 g/mol. The smallest absolute Gasteiger partial charge is 0.0725 e. The summed E-state index contributed by atoms with van der Waals surface area (Å²) in [4.78, 5) is 0. The summed E-state index contributed by atoms with van der Waals surface area (Å²) < 4.78 is 5.50. The first-order valence-electron chi connectivity index (χ1n) is 7.71. The van der Waals surface area contributed by atoms with Crippen molar-refractivity contribution < 1.29 is 4.74 Å². The van der Waals surface area contributed by atoms with E-state index >= 15 is 0 Å². The minimum atomic E-state index is 0.101. The molecule has 1 aliphatic heterocycles. The Bertz CT molecular complexity index is 664. The summed E-state index contributed by atoms with van der Waals surface area (Å²) in [6, 6.07) is 15.4. The third kappa shape index (κ3) is 2.49. The number of alkyl halides is 1. The van der Waals surface area contributed by atoms with Crippen molar-refractivity contribution in [3.05, 3.63) is 70.3 Å². The van der Waals surface area contributed by atoms with Gasteiger partial charge in [0, 0.05) is 0 Å². The molecule has 2 atom stereocenters. The van der Waals surface area contributed by atoms with Crippen LogP contribution in [0, 0.1) is 5.92 Å². The molecule has 0 saturated carbocycles. The number of benzene rings is 2. The van der Waals surface area contributed by atoms with Crippen LogP contribution in [0.25, 0.3) is 0 Å². The van der Waals surface area contributed by atoms with Gasteiger partial charge in [0.05, 0.1) is 18.6 Å². The van der Waals surface area contributed by atoms with Gasteiger partial charge in [-0.2, -0.15) is 0 Å². The minimum absolute atomic E-state index is 0.101. The Morgan fingerprint density at radius 3 is 2.67 bits per heavy atom. The second-order valence-corrected chi connectivity index (χ2v) is 6.66. The second kappa shape index (κ2) is 5.47. The number of halogens is 1. The average molecular weight is 299 g/mol. The summed E-state index contributed by atoms with van der Waals surface area (Å²) in [6.07, 6.45) is 3.43. The summed E-state index contributed by atoms with van der Waals surface area (Å²) in [5.74, 6) is 0.530. The van der Waals surface area contributed by atoms with Gasteiger partial charge in [-0.05, 0) is 53.0 Å². The number of hydrogen-bond acceptors (Lipinski definition) is 1. The van der Waals surface area contributed by atoms with E-state index in [9.17, 15) is 0 Å². The van der Waals surface area contributed by atoms with Crippen molar-refractivity contribution >= 4 is 11.6 Å². The van der Waals surface area contributed by atoms with Crippen molar-refractivity contribution in [2.45, 2.75) is 37.9 Å². The van der Waals surface area contributed by atoms with E-state index in [2.05, 4.69) is 42.5 Å². The van der Waals surface area contributed by atoms with Crippen molar-refractivity contribution in [2.75, 3.05) is 0 Å². The molecule has 0 aromatic heterocycles. The molecule has 2 unspecified atom stereocenters. The molecule has 0 fully saturated rings. The van der Waals surface area contributed by atoms with E-state index in [1.165, 1.54) is 34.2 Å². The van der Waals surface area contributed by atoms with Crippen LogP contribution in [-0.2, 0) is 30.8 Å². The van der Waals surface area contributed by atoms with Crippen LogP contribution in [0.3, 0.4) is 0 Å². The fourth-order valence-corrected chi connectivity index (χ4v) is 3.96. The van der Waals surface area contributed by atoms with Crippen LogP contribution in [0.5, 0.6) is 0 Å². The quantitative estimate of drug-likeness (QED) is 0.724. The molecule has 1 aliphatic carbocycles. The fraction of sp³-hybridized carbons (Fsp3) is 0.368. The van der Waals surface area contributed by atoms with Gasteiger partial charge in [0.25, 0.3) is 0 Å². The van der Waals surface area contributed by atoms with Crippen molar-refractivity contribution in [1.29, 1.82) is 0 Å². The molecule has 21 heavy (non-hydrogen) atoms. The predicted molar refractivity (Wildman–Crippen MR) is 85.5 cm³/mol. The van der Waals surface area contributed by atoms with Gasteiger partial charge in [-0.3, -0.25) is 0 Å². The molecule has 2 aromatic carbocycles. The summed E-state index contributed by atoms with van der Waals surface area (Å²) in [5.41, 5.74) is 6.86. The Hall–Kier alpha value is -1.31. The van der Waals surface area contributed by atoms with Crippen LogP contribution in [0.15, 0.2) is 42.5 Å². The highest BCUT2D eigenvalue weighted by Crippen LogP contribution is 2.39. The normalized spacial score (nSPS) is 21.7. The van der Waals surface area contributed by atoms with Crippen molar-refractivity contribution in [1.82, 2.24) is 0 Å². The molecule has 0 saturated heterocycles. The predicted octanol–water partition coefficient (Wildman–Crippen LogP) is 4.80. The largest absolute Gasteiger partial charge is 0.372 e. The Balaban J connectivity index is 1.57. The molecular formula is C19H19ClO. The van der Waals surface area contributed by atoms with E-state index in [1.807, 2.05) is 0 Å². The van der Waals surface area contributed by atoms with Crippen LogP contribution < -0.4 is 0 Å². The summed E-state index contributed by atoms with van der Waals surface area (Å²) >= 11 is 6.81. The minimum Gasteiger partial charge on any atom is -0.372 e. The molecule has 1 heterocycles. The number of rotatable bonds is 2. The van der Waals surface area contributed by atoms with E-state index in [0.717, 1.165) is 26.1 Å². The molecule has 2 heteroatoms. The standard InChI is InChI=1S/C19H19ClO/c20-19(16-7-8-17-11-21-12-18(17)10-16)15-6-5-13-3-1-2-4-14(13)9-15/h1-4,7-8,10,15,19H,5-6,9,11-12H2. The van der Waals surface area contributed by atoms with E-state index in [4.69, 9.17) is 16.3 Å². The molecule has 4 rings (SSSR count). The van der Waals surface area contributed by atoms with Crippen LogP contribution in [-0.4, -0.2) is 0 Å². The average Bonchev–Trinajstić information content (AvgIpc) is 3.01. The molecule has 0 amide bonds. The van der Waals surface area contributed by atoms with Gasteiger partial charge in [0.2, 0.25) is 0 Å². The number of hydrogen-bond donors (Lipinski definition) is 0. The molecule has 108 valence electrons. The van der Waals surface area contributed by atoms with Crippen molar-refractivity contribution in [3.8, 4) is 0 Å². The molecule has 0 bridgehead atoms. The third-order valence-corrected chi connectivity index (χ3v) is 5.47. The molecular weight excluding hydrogens is 280 g/mol. The molecule has 2 aliphatic rings. The zero-order chi connectivity index (χ0) is 14.2. The van der Waals surface area contributed by atoms with Crippen LogP contribution in [0.4, 0.5) is 0 Å². The van der Waals surface area contributed by atoms with Gasteiger partial charge in [-0.1, -0.05) is 42.5 Å². The maximum atomic E-state index is 6.81. The Kier molecular flexibility index (Phi) is 3.48. The van der Waals surface area contributed by atoms with Crippen LogP contribution >= 0.6 is 11.6 Å². The van der Waals surface area contributed by atoms with E-state index in [1.54, 1.807) is 0 Å². The lowest BCUT2D eigenvalue weighted by atomic mass is 9.80. The van der Waals surface area contributed by atoms with Crippen LogP contribution in [0.1, 0.15) is 39.6 Å². The van der Waals surface area contributed by atoms with Crippen molar-refractivity contribution in [3.63, 3.8) is 0 Å². The van der Waals surface area contributed by atoms with E-state index in [-0.39, 0.29) is 5.38 Å². The Morgan fingerprint density at radius 2 is 1.76 bits per heavy atom. The van der Waals surface area contributed by atoms with Crippen LogP contribution in [0.2, 0.25) is 0 Å². The van der Waals surface area contributed by atoms with Gasteiger partial charge < -0.3 is 4.74 Å². The summed E-state index contributed by atoms with van der Waals surface area (Å²) in [7, 11) is 0. The zero-order valence-corrected chi connectivity index (χ0v) is 12.8. The highest BCUT2D eigenvalue weighted by molar-refractivity contribution is 6.21. The number of aryl methyl sites for hydroxylation is 1. The first kappa shape index (κ1) is 13.4. The number of fused-ring (bicyclic) bond motifs is 2. The Morgan fingerprint density at radius 1 is 0.952 bits per heavy atom. The van der Waals surface area contributed by atoms with Gasteiger partial charge in [-0.15, -0.1) is 11.6 Å². The van der Waals surface area contributed by atoms with E-state index in [0.29, 0.717) is 5.92 Å². The van der Waals surface area contributed by atoms with Gasteiger partial charge in [0.15, 0.2) is 0 Å². The topological polar surface area (TPSA) is 9.23 Å². The number of ether oxygens (including phenoxy) is 1. The summed E-state index contributed by atoms with van der Waals surface area (Å²) in [6.45, 7) is 1.49.